The SMILES string of the molecule is O=C(NCCc1ccccc1)Nc1cc([N+](=O)[O-])ccc1F. The maximum atomic E-state index is 13.5. The topological polar surface area (TPSA) is 84.3 Å². The van der Waals surface area contributed by atoms with Crippen LogP contribution >= 0.6 is 0 Å². The summed E-state index contributed by atoms with van der Waals surface area (Å²) in [5, 5.41) is 15.5. The highest BCUT2D eigenvalue weighted by atomic mass is 19.1. The van der Waals surface area contributed by atoms with Crippen LogP contribution in [-0.2, 0) is 6.42 Å². The Hall–Kier alpha value is -2.96. The second kappa shape index (κ2) is 7.16. The number of hydrogen-bond donors (Lipinski definition) is 2. The molecule has 2 aromatic carbocycles. The minimum atomic E-state index is -0.733. The molecule has 2 rings (SSSR count). The van der Waals surface area contributed by atoms with Crippen LogP contribution in [-0.4, -0.2) is 17.5 Å². The first-order valence-corrected chi connectivity index (χ1v) is 6.59. The van der Waals surface area contributed by atoms with Gasteiger partial charge in [-0.2, -0.15) is 0 Å². The van der Waals surface area contributed by atoms with Crippen LogP contribution in [0.25, 0.3) is 0 Å². The van der Waals surface area contributed by atoms with Crippen molar-refractivity contribution in [1.82, 2.24) is 5.32 Å². The maximum Gasteiger partial charge on any atom is 0.319 e. The van der Waals surface area contributed by atoms with E-state index >= 15 is 0 Å². The quantitative estimate of drug-likeness (QED) is 0.657. The lowest BCUT2D eigenvalue weighted by Gasteiger charge is -2.08. The predicted octanol–water partition coefficient (Wildman–Crippen LogP) is 3.10. The van der Waals surface area contributed by atoms with Crippen molar-refractivity contribution in [3.8, 4) is 0 Å². The number of benzene rings is 2. The van der Waals surface area contributed by atoms with Gasteiger partial charge in [-0.25, -0.2) is 9.18 Å². The van der Waals surface area contributed by atoms with E-state index in [9.17, 15) is 19.3 Å². The fourth-order valence-corrected chi connectivity index (χ4v) is 1.85. The van der Waals surface area contributed by atoms with Gasteiger partial charge in [0.1, 0.15) is 5.82 Å². The van der Waals surface area contributed by atoms with E-state index in [2.05, 4.69) is 10.6 Å². The zero-order valence-electron chi connectivity index (χ0n) is 11.6. The molecule has 0 aliphatic carbocycles. The summed E-state index contributed by atoms with van der Waals surface area (Å²) in [7, 11) is 0. The number of carbonyl (C=O) groups excluding carboxylic acids is 1. The highest BCUT2D eigenvalue weighted by Gasteiger charge is 2.12. The molecule has 0 aromatic heterocycles. The van der Waals surface area contributed by atoms with E-state index in [1.807, 2.05) is 30.3 Å². The number of nitrogens with zero attached hydrogens (tertiary/aromatic N) is 1. The number of anilines is 1. The molecule has 6 nitrogen and oxygen atoms in total. The Kier molecular flexibility index (Phi) is 5.02. The van der Waals surface area contributed by atoms with Crippen molar-refractivity contribution >= 4 is 17.4 Å². The lowest BCUT2D eigenvalue weighted by atomic mass is 10.1. The van der Waals surface area contributed by atoms with E-state index < -0.39 is 16.8 Å². The molecular formula is C15H14FN3O3. The average molecular weight is 303 g/mol. The van der Waals surface area contributed by atoms with Crippen molar-refractivity contribution in [3.63, 3.8) is 0 Å². The molecule has 22 heavy (non-hydrogen) atoms. The standard InChI is InChI=1S/C15H14FN3O3/c16-13-7-6-12(19(21)22)10-14(13)18-15(20)17-9-8-11-4-2-1-3-5-11/h1-7,10H,8-9H2,(H2,17,18,20). The van der Waals surface area contributed by atoms with Crippen LogP contribution in [0.1, 0.15) is 5.56 Å². The molecule has 0 fully saturated rings. The molecule has 0 unspecified atom stereocenters. The largest absolute Gasteiger partial charge is 0.338 e. The molecule has 0 aliphatic rings. The minimum Gasteiger partial charge on any atom is -0.338 e. The van der Waals surface area contributed by atoms with E-state index in [1.165, 1.54) is 0 Å². The first-order valence-electron chi connectivity index (χ1n) is 6.59. The fraction of sp³-hybridized carbons (Fsp3) is 0.133. The van der Waals surface area contributed by atoms with Crippen LogP contribution in [0.2, 0.25) is 0 Å². The van der Waals surface area contributed by atoms with Crippen molar-refractivity contribution in [2.75, 3.05) is 11.9 Å². The van der Waals surface area contributed by atoms with Crippen LogP contribution in [0.15, 0.2) is 48.5 Å². The minimum absolute atomic E-state index is 0.230. The molecule has 0 saturated heterocycles. The third-order valence-electron chi connectivity index (χ3n) is 2.95. The summed E-state index contributed by atoms with van der Waals surface area (Å²) >= 11 is 0. The highest BCUT2D eigenvalue weighted by Crippen LogP contribution is 2.20. The van der Waals surface area contributed by atoms with Crippen LogP contribution in [0, 0.1) is 15.9 Å². The summed E-state index contributed by atoms with van der Waals surface area (Å²) in [6.45, 7) is 0.367. The van der Waals surface area contributed by atoms with Gasteiger partial charge in [-0.05, 0) is 18.1 Å². The number of non-ortho nitro benzene ring substituents is 1. The van der Waals surface area contributed by atoms with E-state index in [0.717, 1.165) is 23.8 Å². The van der Waals surface area contributed by atoms with Gasteiger partial charge in [-0.1, -0.05) is 30.3 Å². The molecule has 2 amide bonds. The summed E-state index contributed by atoms with van der Waals surface area (Å²) < 4.78 is 13.5. The fourth-order valence-electron chi connectivity index (χ4n) is 1.85. The first-order chi connectivity index (χ1) is 10.6. The lowest BCUT2D eigenvalue weighted by molar-refractivity contribution is -0.384. The Morgan fingerprint density at radius 1 is 1.18 bits per heavy atom. The van der Waals surface area contributed by atoms with Gasteiger partial charge in [-0.3, -0.25) is 10.1 Å². The van der Waals surface area contributed by atoms with Gasteiger partial charge in [0.15, 0.2) is 0 Å². The van der Waals surface area contributed by atoms with Gasteiger partial charge in [0, 0.05) is 18.7 Å². The molecule has 114 valence electrons. The predicted molar refractivity (Wildman–Crippen MR) is 80.2 cm³/mol. The average Bonchev–Trinajstić information content (AvgIpc) is 2.50. The van der Waals surface area contributed by atoms with E-state index in [4.69, 9.17) is 0 Å². The van der Waals surface area contributed by atoms with E-state index in [-0.39, 0.29) is 11.4 Å². The number of hydrogen-bond acceptors (Lipinski definition) is 3. The Morgan fingerprint density at radius 2 is 1.91 bits per heavy atom. The second-order valence-corrected chi connectivity index (χ2v) is 4.54. The van der Waals surface area contributed by atoms with Gasteiger partial charge < -0.3 is 10.6 Å². The molecule has 0 heterocycles. The molecule has 0 saturated carbocycles. The van der Waals surface area contributed by atoms with Crippen molar-refractivity contribution in [1.29, 1.82) is 0 Å². The smallest absolute Gasteiger partial charge is 0.319 e. The highest BCUT2D eigenvalue weighted by molar-refractivity contribution is 5.89. The van der Waals surface area contributed by atoms with Gasteiger partial charge in [0.25, 0.3) is 5.69 Å². The number of amides is 2. The summed E-state index contributed by atoms with van der Waals surface area (Å²) in [5.41, 5.74) is 0.539. The summed E-state index contributed by atoms with van der Waals surface area (Å²) in [6, 6.07) is 11.9. The molecule has 0 spiro atoms. The van der Waals surface area contributed by atoms with Crippen molar-refractivity contribution in [3.05, 3.63) is 70.0 Å². The molecule has 0 atom stereocenters. The third-order valence-corrected chi connectivity index (χ3v) is 2.95. The maximum absolute atomic E-state index is 13.5. The third kappa shape index (κ3) is 4.27. The zero-order valence-corrected chi connectivity index (χ0v) is 11.6. The zero-order chi connectivity index (χ0) is 15.9. The van der Waals surface area contributed by atoms with Gasteiger partial charge in [0.05, 0.1) is 10.6 Å². The number of nitro benzene ring substituents is 1. The monoisotopic (exact) mass is 303 g/mol. The number of rotatable bonds is 5. The number of urea groups is 1. The summed E-state index contributed by atoms with van der Waals surface area (Å²) in [4.78, 5) is 21.7. The van der Waals surface area contributed by atoms with Gasteiger partial charge >= 0.3 is 6.03 Å². The van der Waals surface area contributed by atoms with Crippen molar-refractivity contribution in [2.45, 2.75) is 6.42 Å². The van der Waals surface area contributed by atoms with Gasteiger partial charge in [-0.15, -0.1) is 0 Å². The molecular weight excluding hydrogens is 289 g/mol. The summed E-state index contributed by atoms with van der Waals surface area (Å²) in [5.74, 6) is -0.733. The van der Waals surface area contributed by atoms with Crippen LogP contribution in [0.3, 0.4) is 0 Å². The Bertz CT molecular complexity index is 677. The van der Waals surface area contributed by atoms with E-state index in [0.29, 0.717) is 13.0 Å². The second-order valence-electron chi connectivity index (χ2n) is 4.54. The van der Waals surface area contributed by atoms with Crippen LogP contribution in [0.5, 0.6) is 0 Å². The first kappa shape index (κ1) is 15.4. The Morgan fingerprint density at radius 3 is 2.59 bits per heavy atom. The summed E-state index contributed by atoms with van der Waals surface area (Å²) in [6.07, 6.45) is 0.631. The van der Waals surface area contributed by atoms with E-state index in [1.54, 1.807) is 0 Å². The van der Waals surface area contributed by atoms with Crippen LogP contribution in [0.4, 0.5) is 20.6 Å². The van der Waals surface area contributed by atoms with Crippen molar-refractivity contribution in [2.24, 2.45) is 0 Å². The molecule has 7 heteroatoms. The molecule has 0 bridgehead atoms. The van der Waals surface area contributed by atoms with Crippen LogP contribution < -0.4 is 10.6 Å². The Balaban J connectivity index is 1.89. The molecule has 2 aromatic rings. The number of carbonyl (C=O) groups is 1. The molecule has 0 aliphatic heterocycles. The van der Waals surface area contributed by atoms with Crippen molar-refractivity contribution < 1.29 is 14.1 Å². The normalized spacial score (nSPS) is 10.0. The number of nitrogens with one attached hydrogen (secondary N) is 2. The number of nitro groups is 1. The Labute approximate surface area is 126 Å². The molecule has 2 N–H and O–H groups in total. The van der Waals surface area contributed by atoms with Gasteiger partial charge in [0.2, 0.25) is 0 Å². The number of halogens is 1. The lowest BCUT2D eigenvalue weighted by Crippen LogP contribution is -2.30. The molecule has 0 radical (unpaired) electrons.